The van der Waals surface area contributed by atoms with Crippen LogP contribution in [-0.4, -0.2) is 32.2 Å². The Bertz CT molecular complexity index is 309. The van der Waals surface area contributed by atoms with Gasteiger partial charge in [-0.3, -0.25) is 4.48 Å². The lowest BCUT2D eigenvalue weighted by Gasteiger charge is -2.23. The predicted molar refractivity (Wildman–Crippen MR) is 53.0 cm³/mol. The summed E-state index contributed by atoms with van der Waals surface area (Å²) in [6, 6.07) is 6.93. The number of nitrogens with zero attached hydrogens (tertiary/aromatic N) is 1. The molecule has 0 aliphatic rings. The molecule has 1 rings (SSSR count). The minimum absolute atomic E-state index is 0.331. The topological polar surface area (TPSA) is 37.3 Å². The van der Waals surface area contributed by atoms with Gasteiger partial charge in [-0.1, -0.05) is 0 Å². The zero-order valence-corrected chi connectivity index (χ0v) is 8.11. The normalized spacial score (nSPS) is 11.3. The molecule has 0 amide bonds. The van der Waals surface area contributed by atoms with Crippen molar-refractivity contribution in [3.05, 3.63) is 29.8 Å². The Labute approximate surface area is 77.8 Å². The van der Waals surface area contributed by atoms with E-state index in [1.54, 1.807) is 12.1 Å². The SMILES string of the molecule is C[N+](C)(C)c1ccc(C(=O)O)cc1. The third-order valence-corrected chi connectivity index (χ3v) is 1.89. The fourth-order valence-corrected chi connectivity index (χ4v) is 1.05. The van der Waals surface area contributed by atoms with Crippen molar-refractivity contribution in [1.82, 2.24) is 4.48 Å². The van der Waals surface area contributed by atoms with Crippen LogP contribution in [0.2, 0.25) is 0 Å². The van der Waals surface area contributed by atoms with E-state index in [4.69, 9.17) is 5.11 Å². The van der Waals surface area contributed by atoms with E-state index in [1.807, 2.05) is 33.3 Å². The van der Waals surface area contributed by atoms with Crippen LogP contribution in [0.1, 0.15) is 10.4 Å². The van der Waals surface area contributed by atoms with Crippen molar-refractivity contribution >= 4 is 11.7 Å². The van der Waals surface area contributed by atoms with Gasteiger partial charge in [-0.25, -0.2) is 4.79 Å². The first-order chi connectivity index (χ1) is 5.91. The molecular weight excluding hydrogens is 166 g/mol. The second-order valence-electron chi connectivity index (χ2n) is 3.86. The van der Waals surface area contributed by atoms with Crippen LogP contribution in [0.3, 0.4) is 0 Å². The second kappa shape index (κ2) is 3.18. The van der Waals surface area contributed by atoms with Gasteiger partial charge in [0.25, 0.3) is 0 Å². The van der Waals surface area contributed by atoms with Crippen LogP contribution in [-0.2, 0) is 0 Å². The molecule has 70 valence electrons. The summed E-state index contributed by atoms with van der Waals surface area (Å²) in [7, 11) is 6.11. The van der Waals surface area contributed by atoms with E-state index in [0.717, 1.165) is 5.69 Å². The molecular formula is C10H14NO2+. The summed E-state index contributed by atoms with van der Waals surface area (Å²) < 4.78 is 0.694. The Morgan fingerprint density at radius 3 is 1.92 bits per heavy atom. The Hall–Kier alpha value is -1.35. The summed E-state index contributed by atoms with van der Waals surface area (Å²) in [6.45, 7) is 0. The molecule has 0 radical (unpaired) electrons. The predicted octanol–water partition coefficient (Wildman–Crippen LogP) is 1.58. The number of quaternary nitrogens is 1. The largest absolute Gasteiger partial charge is 0.478 e. The van der Waals surface area contributed by atoms with Crippen LogP contribution in [0.4, 0.5) is 5.69 Å². The Morgan fingerprint density at radius 1 is 1.15 bits per heavy atom. The van der Waals surface area contributed by atoms with Gasteiger partial charge in [-0.15, -0.1) is 0 Å². The molecule has 0 heterocycles. The van der Waals surface area contributed by atoms with E-state index < -0.39 is 5.97 Å². The quantitative estimate of drug-likeness (QED) is 0.701. The molecule has 0 saturated carbocycles. The van der Waals surface area contributed by atoms with Gasteiger partial charge in [0.1, 0.15) is 5.69 Å². The second-order valence-corrected chi connectivity index (χ2v) is 3.86. The minimum atomic E-state index is -0.882. The summed E-state index contributed by atoms with van der Waals surface area (Å²) in [5, 5.41) is 8.67. The zero-order chi connectivity index (χ0) is 10.1. The number of aromatic carboxylic acids is 1. The minimum Gasteiger partial charge on any atom is -0.478 e. The lowest BCUT2D eigenvalue weighted by Crippen LogP contribution is -2.34. The highest BCUT2D eigenvalue weighted by atomic mass is 16.4. The molecule has 3 nitrogen and oxygen atoms in total. The van der Waals surface area contributed by atoms with Gasteiger partial charge in [0, 0.05) is 0 Å². The average Bonchev–Trinajstić information content (AvgIpc) is 2.03. The molecule has 1 aromatic carbocycles. The molecule has 3 heteroatoms. The maximum atomic E-state index is 10.6. The molecule has 0 spiro atoms. The van der Waals surface area contributed by atoms with Crippen LogP contribution in [0.5, 0.6) is 0 Å². The standard InChI is InChI=1S/C10H13NO2/c1-11(2,3)9-6-4-8(5-7-9)10(12)13/h4-7H,1-3H3/p+1. The van der Waals surface area contributed by atoms with E-state index in [2.05, 4.69) is 0 Å². The molecule has 1 N–H and O–H groups in total. The van der Waals surface area contributed by atoms with E-state index >= 15 is 0 Å². The molecule has 1 aromatic rings. The fraction of sp³-hybridized carbons (Fsp3) is 0.300. The maximum absolute atomic E-state index is 10.6. The lowest BCUT2D eigenvalue weighted by molar-refractivity contribution is 0.0697. The van der Waals surface area contributed by atoms with Crippen LogP contribution in [0.15, 0.2) is 24.3 Å². The Kier molecular flexibility index (Phi) is 2.38. The number of hydrogen-bond acceptors (Lipinski definition) is 1. The molecule has 0 atom stereocenters. The molecule has 0 aliphatic carbocycles. The zero-order valence-electron chi connectivity index (χ0n) is 8.11. The molecule has 0 fully saturated rings. The van der Waals surface area contributed by atoms with E-state index in [9.17, 15) is 4.79 Å². The van der Waals surface area contributed by atoms with Gasteiger partial charge in [0.2, 0.25) is 0 Å². The number of carboxylic acids is 1. The van der Waals surface area contributed by atoms with E-state index in [0.29, 0.717) is 10.0 Å². The summed E-state index contributed by atoms with van der Waals surface area (Å²) in [5.74, 6) is -0.882. The molecule has 0 unspecified atom stereocenters. The maximum Gasteiger partial charge on any atom is 0.335 e. The molecule has 0 bridgehead atoms. The van der Waals surface area contributed by atoms with Crippen molar-refractivity contribution in [2.45, 2.75) is 0 Å². The first kappa shape index (κ1) is 9.74. The van der Waals surface area contributed by atoms with Gasteiger partial charge >= 0.3 is 5.97 Å². The first-order valence-corrected chi connectivity index (χ1v) is 4.06. The van der Waals surface area contributed by atoms with Crippen molar-refractivity contribution in [2.24, 2.45) is 0 Å². The van der Waals surface area contributed by atoms with Crippen molar-refractivity contribution in [3.8, 4) is 0 Å². The molecule has 0 aliphatic heterocycles. The van der Waals surface area contributed by atoms with Crippen molar-refractivity contribution in [3.63, 3.8) is 0 Å². The summed E-state index contributed by atoms with van der Waals surface area (Å²) in [5.41, 5.74) is 1.42. The van der Waals surface area contributed by atoms with Crippen molar-refractivity contribution in [2.75, 3.05) is 21.1 Å². The van der Waals surface area contributed by atoms with Gasteiger partial charge in [-0.2, -0.15) is 0 Å². The number of rotatable bonds is 2. The highest BCUT2D eigenvalue weighted by Crippen LogP contribution is 2.16. The Balaban J connectivity index is 3.01. The number of carboxylic acid groups (broad SMARTS) is 1. The summed E-state index contributed by atoms with van der Waals surface area (Å²) in [6.07, 6.45) is 0. The summed E-state index contributed by atoms with van der Waals surface area (Å²) >= 11 is 0. The van der Waals surface area contributed by atoms with Crippen LogP contribution in [0, 0.1) is 0 Å². The van der Waals surface area contributed by atoms with E-state index in [1.165, 1.54) is 0 Å². The molecule has 13 heavy (non-hydrogen) atoms. The lowest BCUT2D eigenvalue weighted by atomic mass is 10.2. The smallest absolute Gasteiger partial charge is 0.335 e. The third-order valence-electron chi connectivity index (χ3n) is 1.89. The Morgan fingerprint density at radius 2 is 1.62 bits per heavy atom. The number of benzene rings is 1. The number of hydrogen-bond donors (Lipinski definition) is 1. The third kappa shape index (κ3) is 2.29. The highest BCUT2D eigenvalue weighted by molar-refractivity contribution is 5.87. The van der Waals surface area contributed by atoms with Crippen molar-refractivity contribution < 1.29 is 9.90 Å². The summed E-state index contributed by atoms with van der Waals surface area (Å²) in [4.78, 5) is 10.6. The molecule has 0 saturated heterocycles. The van der Waals surface area contributed by atoms with Crippen LogP contribution >= 0.6 is 0 Å². The fourth-order valence-electron chi connectivity index (χ4n) is 1.05. The highest BCUT2D eigenvalue weighted by Gasteiger charge is 2.12. The van der Waals surface area contributed by atoms with Gasteiger partial charge in [0.05, 0.1) is 26.7 Å². The van der Waals surface area contributed by atoms with Crippen LogP contribution < -0.4 is 4.48 Å². The number of carbonyl (C=O) groups is 1. The van der Waals surface area contributed by atoms with Gasteiger partial charge in [-0.05, 0) is 24.3 Å². The first-order valence-electron chi connectivity index (χ1n) is 4.06. The van der Waals surface area contributed by atoms with Gasteiger partial charge in [0.15, 0.2) is 0 Å². The monoisotopic (exact) mass is 180 g/mol. The van der Waals surface area contributed by atoms with Crippen molar-refractivity contribution in [1.29, 1.82) is 0 Å². The average molecular weight is 180 g/mol. The molecule has 0 aromatic heterocycles. The van der Waals surface area contributed by atoms with Crippen LogP contribution in [0.25, 0.3) is 0 Å². The van der Waals surface area contributed by atoms with E-state index in [-0.39, 0.29) is 0 Å². The van der Waals surface area contributed by atoms with Gasteiger partial charge < -0.3 is 5.11 Å².